The lowest BCUT2D eigenvalue weighted by Crippen LogP contribution is -2.47. The van der Waals surface area contributed by atoms with Gasteiger partial charge in [0.15, 0.2) is 0 Å². The third kappa shape index (κ3) is 2.80. The highest BCUT2D eigenvalue weighted by molar-refractivity contribution is 8.01. The zero-order valence-electron chi connectivity index (χ0n) is 12.2. The van der Waals surface area contributed by atoms with E-state index in [1.165, 1.54) is 28.8 Å². The van der Waals surface area contributed by atoms with E-state index in [2.05, 4.69) is 0 Å². The number of ether oxygens (including phenoxy) is 1. The Morgan fingerprint density at radius 2 is 2.09 bits per heavy atom. The molecule has 0 bridgehead atoms. The molecular weight excluding hydrogens is 331 g/mol. The van der Waals surface area contributed by atoms with Crippen LogP contribution in [0.1, 0.15) is 25.3 Å². The van der Waals surface area contributed by atoms with Crippen LogP contribution in [0.2, 0.25) is 0 Å². The summed E-state index contributed by atoms with van der Waals surface area (Å²) in [5, 5.41) is 0. The van der Waals surface area contributed by atoms with E-state index in [1.807, 2.05) is 6.92 Å². The van der Waals surface area contributed by atoms with Gasteiger partial charge in [-0.2, -0.15) is 13.2 Å². The van der Waals surface area contributed by atoms with E-state index in [-0.39, 0.29) is 5.91 Å². The molecule has 124 valence electrons. The number of thioether (sulfide) groups is 1. The molecule has 0 aliphatic carbocycles. The number of hydrogen-bond acceptors (Lipinski definition) is 4. The average Bonchev–Trinajstić information content (AvgIpc) is 2.95. The third-order valence-corrected chi connectivity index (χ3v) is 5.63. The zero-order chi connectivity index (χ0) is 16.8. The fourth-order valence-corrected chi connectivity index (χ4v) is 4.38. The molecule has 0 saturated carbocycles. The summed E-state index contributed by atoms with van der Waals surface area (Å²) in [7, 11) is 0. The van der Waals surface area contributed by atoms with Crippen molar-refractivity contribution in [2.45, 2.75) is 36.9 Å². The number of carbonyl (C=O) groups excluding carboxylic acids is 2. The van der Waals surface area contributed by atoms with Crippen molar-refractivity contribution in [1.82, 2.24) is 4.90 Å². The van der Waals surface area contributed by atoms with Gasteiger partial charge in [0.25, 0.3) is 0 Å². The molecule has 2 heterocycles. The molecule has 4 nitrogen and oxygen atoms in total. The Bertz CT molecular complexity index is 664. The highest BCUT2D eigenvalue weighted by Gasteiger charge is 2.53. The molecule has 0 aromatic heterocycles. The summed E-state index contributed by atoms with van der Waals surface area (Å²) in [6, 6.07) is 3.71. The highest BCUT2D eigenvalue weighted by Crippen LogP contribution is 2.47. The average molecular weight is 345 g/mol. The van der Waals surface area contributed by atoms with Crippen molar-refractivity contribution >= 4 is 23.6 Å². The summed E-state index contributed by atoms with van der Waals surface area (Å²) in [6.45, 7) is 1.86. The lowest BCUT2D eigenvalue weighted by atomic mass is 10.2. The number of halogens is 3. The summed E-state index contributed by atoms with van der Waals surface area (Å²) in [5.41, 5.74) is -1.01. The Morgan fingerprint density at radius 1 is 1.39 bits per heavy atom. The number of amides is 1. The lowest BCUT2D eigenvalue weighted by molar-refractivity contribution is -0.149. The zero-order valence-corrected chi connectivity index (χ0v) is 13.0. The van der Waals surface area contributed by atoms with E-state index < -0.39 is 34.4 Å². The summed E-state index contributed by atoms with van der Waals surface area (Å²) in [5.74, 6) is -1.19. The first-order chi connectivity index (χ1) is 10.7. The number of para-hydroxylation sites is 1. The number of carbonyl (C=O) groups is 2. The Hall–Kier alpha value is -1.70. The van der Waals surface area contributed by atoms with Crippen LogP contribution in [0.15, 0.2) is 24.3 Å². The maximum absolute atomic E-state index is 13.0. The molecule has 0 spiro atoms. The van der Waals surface area contributed by atoms with E-state index >= 15 is 0 Å². The molecule has 0 radical (unpaired) electrons. The van der Waals surface area contributed by atoms with Crippen molar-refractivity contribution in [3.63, 3.8) is 0 Å². The first kappa shape index (κ1) is 16.2. The minimum absolute atomic E-state index is 0.163. The van der Waals surface area contributed by atoms with Crippen molar-refractivity contribution in [3.05, 3.63) is 29.8 Å². The number of esters is 1. The number of nitrogens with zero attached hydrogens (tertiary/aromatic N) is 1. The van der Waals surface area contributed by atoms with Crippen molar-refractivity contribution in [3.8, 4) is 5.75 Å². The van der Waals surface area contributed by atoms with Gasteiger partial charge in [-0.3, -0.25) is 4.79 Å². The molecule has 1 aromatic rings. The van der Waals surface area contributed by atoms with Crippen LogP contribution in [0.25, 0.3) is 0 Å². The van der Waals surface area contributed by atoms with Gasteiger partial charge in [0.1, 0.15) is 11.8 Å². The van der Waals surface area contributed by atoms with Crippen LogP contribution in [-0.4, -0.2) is 33.4 Å². The standard InChI is InChI=1S/C15H14F3NO3S/c1-14-7-6-12(20)19(14)10(8-23-14)13(21)22-11-5-3-2-4-9(11)15(16,17)18/h2-5,10H,6-8H2,1H3. The number of rotatable bonds is 2. The van der Waals surface area contributed by atoms with Crippen molar-refractivity contribution in [2.75, 3.05) is 5.75 Å². The highest BCUT2D eigenvalue weighted by atomic mass is 32.2. The Balaban J connectivity index is 1.83. The lowest BCUT2D eigenvalue weighted by Gasteiger charge is -2.29. The molecule has 2 saturated heterocycles. The van der Waals surface area contributed by atoms with Gasteiger partial charge in [-0.1, -0.05) is 12.1 Å². The van der Waals surface area contributed by atoms with Gasteiger partial charge in [0.2, 0.25) is 5.91 Å². The summed E-state index contributed by atoms with van der Waals surface area (Å²) in [6.07, 6.45) is -3.65. The number of hydrogen-bond donors (Lipinski definition) is 0. The van der Waals surface area contributed by atoms with Gasteiger partial charge in [-0.05, 0) is 25.5 Å². The molecule has 1 amide bonds. The predicted molar refractivity (Wildman–Crippen MR) is 77.8 cm³/mol. The van der Waals surface area contributed by atoms with Crippen LogP contribution in [-0.2, 0) is 15.8 Å². The van der Waals surface area contributed by atoms with Gasteiger partial charge >= 0.3 is 12.1 Å². The maximum atomic E-state index is 13.0. The normalized spacial score (nSPS) is 27.2. The van der Waals surface area contributed by atoms with Crippen LogP contribution >= 0.6 is 11.8 Å². The van der Waals surface area contributed by atoms with Gasteiger partial charge in [0.05, 0.1) is 10.4 Å². The Kier molecular flexibility index (Phi) is 3.82. The number of alkyl halides is 3. The summed E-state index contributed by atoms with van der Waals surface area (Å²) in [4.78, 5) is 25.3. The quantitative estimate of drug-likeness (QED) is 0.611. The van der Waals surface area contributed by atoms with E-state index in [9.17, 15) is 22.8 Å². The topological polar surface area (TPSA) is 46.6 Å². The van der Waals surface area contributed by atoms with Crippen molar-refractivity contribution in [1.29, 1.82) is 0 Å². The molecule has 8 heteroatoms. The predicted octanol–water partition coefficient (Wildman–Crippen LogP) is 3.06. The SMILES string of the molecule is CC12CCC(=O)N1C(C(=O)Oc1ccccc1C(F)(F)F)CS2. The molecule has 2 aliphatic heterocycles. The second kappa shape index (κ2) is 5.43. The third-order valence-electron chi connectivity index (χ3n) is 4.12. The maximum Gasteiger partial charge on any atom is 0.419 e. The van der Waals surface area contributed by atoms with Gasteiger partial charge in [0, 0.05) is 12.2 Å². The fraction of sp³-hybridized carbons (Fsp3) is 0.467. The second-order valence-electron chi connectivity index (χ2n) is 5.68. The minimum Gasteiger partial charge on any atom is -0.424 e. The Morgan fingerprint density at radius 3 is 2.78 bits per heavy atom. The van der Waals surface area contributed by atoms with E-state index in [4.69, 9.17) is 4.74 Å². The summed E-state index contributed by atoms with van der Waals surface area (Å²) >= 11 is 1.46. The van der Waals surface area contributed by atoms with Gasteiger partial charge in [-0.25, -0.2) is 4.79 Å². The van der Waals surface area contributed by atoms with Crippen molar-refractivity contribution < 1.29 is 27.5 Å². The first-order valence-corrected chi connectivity index (χ1v) is 8.05. The van der Waals surface area contributed by atoms with Crippen molar-refractivity contribution in [2.24, 2.45) is 0 Å². The van der Waals surface area contributed by atoms with Crippen LogP contribution in [0.3, 0.4) is 0 Å². The van der Waals surface area contributed by atoms with E-state index in [1.54, 1.807) is 0 Å². The minimum atomic E-state index is -4.61. The largest absolute Gasteiger partial charge is 0.424 e. The molecule has 2 fully saturated rings. The Labute approximate surface area is 135 Å². The molecule has 23 heavy (non-hydrogen) atoms. The van der Waals surface area contributed by atoms with Gasteiger partial charge in [-0.15, -0.1) is 11.8 Å². The van der Waals surface area contributed by atoms with Crippen LogP contribution in [0.4, 0.5) is 13.2 Å². The fourth-order valence-electron chi connectivity index (χ4n) is 2.96. The van der Waals surface area contributed by atoms with Crippen LogP contribution < -0.4 is 4.74 Å². The van der Waals surface area contributed by atoms with Crippen LogP contribution in [0.5, 0.6) is 5.75 Å². The number of fused-ring (bicyclic) bond motifs is 1. The number of benzene rings is 1. The molecule has 2 aliphatic rings. The molecular formula is C15H14F3NO3S. The smallest absolute Gasteiger partial charge is 0.419 e. The van der Waals surface area contributed by atoms with E-state index in [0.29, 0.717) is 18.6 Å². The monoisotopic (exact) mass is 345 g/mol. The molecule has 2 atom stereocenters. The van der Waals surface area contributed by atoms with Gasteiger partial charge < -0.3 is 9.64 Å². The summed E-state index contributed by atoms with van der Waals surface area (Å²) < 4.78 is 43.9. The molecule has 1 aromatic carbocycles. The molecule has 2 unspecified atom stereocenters. The molecule has 3 rings (SSSR count). The molecule has 0 N–H and O–H groups in total. The van der Waals surface area contributed by atoms with Crippen LogP contribution in [0, 0.1) is 0 Å². The van der Waals surface area contributed by atoms with E-state index in [0.717, 1.165) is 12.1 Å². The second-order valence-corrected chi connectivity index (χ2v) is 7.18. The first-order valence-electron chi connectivity index (χ1n) is 7.06.